The first kappa shape index (κ1) is 52.1. The van der Waals surface area contributed by atoms with E-state index < -0.39 is 56.0 Å². The van der Waals surface area contributed by atoms with Crippen molar-refractivity contribution in [1.29, 1.82) is 0 Å². The first-order valence-electron chi connectivity index (χ1n) is 21.3. The van der Waals surface area contributed by atoms with Crippen molar-refractivity contribution >= 4 is 44.0 Å². The minimum atomic E-state index is -4.23. The molecule has 0 aliphatic heterocycles. The Morgan fingerprint density at radius 2 is 1.47 bits per heavy atom. The van der Waals surface area contributed by atoms with Gasteiger partial charge in [0.05, 0.1) is 30.8 Å². The van der Waals surface area contributed by atoms with Crippen LogP contribution in [-0.4, -0.2) is 105 Å². The summed E-state index contributed by atoms with van der Waals surface area (Å²) in [4.78, 5) is 26.1. The summed E-state index contributed by atoms with van der Waals surface area (Å²) in [6, 6.07) is 18.4. The smallest absolute Gasteiger partial charge is 0.407 e. The molecule has 0 aliphatic rings. The lowest BCUT2D eigenvalue weighted by Gasteiger charge is -2.34. The number of benzene rings is 2. The monoisotopic (exact) mass is 880 g/mol. The van der Waals surface area contributed by atoms with Crippen molar-refractivity contribution in [3.05, 3.63) is 54.1 Å². The maximum Gasteiger partial charge on any atom is 0.407 e. The average Bonchev–Trinajstić information content (AvgIpc) is 3.14. The molecule has 0 aliphatic carbocycles. The number of nitrogens with one attached hydrogen (secondary N) is 3. The second-order valence-corrected chi connectivity index (χ2v) is 31.0. The number of amides is 3. The zero-order valence-electron chi connectivity index (χ0n) is 38.1. The summed E-state index contributed by atoms with van der Waals surface area (Å²) >= 11 is 0. The summed E-state index contributed by atoms with van der Waals surface area (Å²) < 4.78 is 60.9. The third-order valence-corrected chi connectivity index (χ3v) is 19.6. The van der Waals surface area contributed by atoms with Gasteiger partial charge >= 0.3 is 12.1 Å². The van der Waals surface area contributed by atoms with E-state index >= 15 is 0 Å². The van der Waals surface area contributed by atoms with E-state index in [1.807, 2.05) is 44.2 Å². The SMILES string of the molecule is CCNC(=O)Nc1cc(S(=O)(=O)N(CC(C)C)C[C@@H](OCOCC[Si](C)(C)C)[C@H](Cc2ccccc2)NC(=O)OC(C)(C)C)ccc1OCOCC[Si](CC)(CC)CC. The van der Waals surface area contributed by atoms with Gasteiger partial charge < -0.3 is 39.6 Å². The molecule has 13 nitrogen and oxygen atoms in total. The van der Waals surface area contributed by atoms with Gasteiger partial charge in [-0.2, -0.15) is 4.31 Å². The molecule has 0 fully saturated rings. The van der Waals surface area contributed by atoms with Crippen molar-refractivity contribution in [2.24, 2.45) is 5.92 Å². The van der Waals surface area contributed by atoms with E-state index in [1.54, 1.807) is 27.7 Å². The molecule has 0 heterocycles. The summed E-state index contributed by atoms with van der Waals surface area (Å²) in [5.41, 5.74) is 0.337. The van der Waals surface area contributed by atoms with Crippen LogP contribution in [0.25, 0.3) is 0 Å². The van der Waals surface area contributed by atoms with Crippen molar-refractivity contribution in [3.63, 3.8) is 0 Å². The molecule has 0 radical (unpaired) electrons. The van der Waals surface area contributed by atoms with Crippen LogP contribution in [0.4, 0.5) is 15.3 Å². The van der Waals surface area contributed by atoms with Gasteiger partial charge in [-0.1, -0.05) is 103 Å². The van der Waals surface area contributed by atoms with Crippen molar-refractivity contribution < 1.29 is 41.7 Å². The number of urea groups is 1. The molecule has 3 N–H and O–H groups in total. The van der Waals surface area contributed by atoms with Crippen molar-refractivity contribution in [2.75, 3.05) is 51.8 Å². The first-order chi connectivity index (χ1) is 27.7. The number of hydrogen-bond donors (Lipinski definition) is 3. The highest BCUT2D eigenvalue weighted by molar-refractivity contribution is 7.89. The molecule has 0 bridgehead atoms. The molecule has 2 aromatic rings. The van der Waals surface area contributed by atoms with Crippen LogP contribution < -0.4 is 20.7 Å². The third kappa shape index (κ3) is 19.5. The molecular formula is C43H76N4O9SSi2. The molecular weight excluding hydrogens is 805 g/mol. The van der Waals surface area contributed by atoms with Gasteiger partial charge in [-0.15, -0.1) is 0 Å². The minimum absolute atomic E-state index is 0.0484. The molecule has 2 atom stereocenters. The molecule has 0 unspecified atom stereocenters. The normalized spacial score (nSPS) is 13.6. The number of sulfonamides is 1. The number of nitrogens with zero attached hydrogens (tertiary/aromatic N) is 1. The zero-order chi connectivity index (χ0) is 44.3. The average molecular weight is 881 g/mol. The zero-order valence-corrected chi connectivity index (χ0v) is 40.9. The number of anilines is 1. The molecule has 0 saturated carbocycles. The fraction of sp³-hybridized carbons (Fsp3) is 0.674. The maximum atomic E-state index is 14.8. The maximum absolute atomic E-state index is 14.8. The Hall–Kier alpha value is -3.00. The van der Waals surface area contributed by atoms with Crippen LogP contribution in [0.5, 0.6) is 5.75 Å². The second kappa shape index (κ2) is 25.1. The standard InChI is InChI=1S/C43H76N4O9SSi2/c1-13-44-41(48)45-38-29-36(22-23-39(38)54-32-53-25-27-59(14-2,15-3)16-4)57(50,51)47(30-34(5)6)31-40(55-33-52-24-26-58(10,11)12)37(28-35-20-18-17-19-21-35)46-42(49)56-43(7,8)9/h17-23,29,34,37,40H,13-16,24-28,30-33H2,1-12H3,(H,46,49)(H2,44,45,48)/t37-,40+/m0/s1. The van der Waals surface area contributed by atoms with Crippen molar-refractivity contribution in [1.82, 2.24) is 14.9 Å². The van der Waals surface area contributed by atoms with Gasteiger partial charge in [0.25, 0.3) is 0 Å². The van der Waals surface area contributed by atoms with E-state index in [-0.39, 0.29) is 48.9 Å². The van der Waals surface area contributed by atoms with E-state index in [1.165, 1.54) is 40.6 Å². The van der Waals surface area contributed by atoms with Gasteiger partial charge in [0.1, 0.15) is 18.1 Å². The molecule has 16 heteroatoms. The van der Waals surface area contributed by atoms with Gasteiger partial charge in [-0.05, 0) is 75.9 Å². The van der Waals surface area contributed by atoms with Gasteiger partial charge in [0.2, 0.25) is 10.0 Å². The van der Waals surface area contributed by atoms with Crippen LogP contribution in [0.3, 0.4) is 0 Å². The summed E-state index contributed by atoms with van der Waals surface area (Å²) in [5.74, 6) is 0.198. The molecule has 0 saturated heterocycles. The fourth-order valence-electron chi connectivity index (χ4n) is 6.45. The molecule has 59 heavy (non-hydrogen) atoms. The van der Waals surface area contributed by atoms with Crippen LogP contribution >= 0.6 is 0 Å². The van der Waals surface area contributed by atoms with Crippen LogP contribution in [0.2, 0.25) is 49.9 Å². The lowest BCUT2D eigenvalue weighted by Crippen LogP contribution is -2.53. The van der Waals surface area contributed by atoms with Gasteiger partial charge in [0.15, 0.2) is 6.79 Å². The Balaban J connectivity index is 2.55. The number of carbonyl (C=O) groups is 2. The summed E-state index contributed by atoms with van der Waals surface area (Å²) in [5, 5.41) is 8.47. The Kier molecular flexibility index (Phi) is 22.1. The lowest BCUT2D eigenvalue weighted by atomic mass is 10.0. The minimum Gasteiger partial charge on any atom is -0.465 e. The van der Waals surface area contributed by atoms with E-state index in [2.05, 4.69) is 56.4 Å². The Morgan fingerprint density at radius 3 is 2.05 bits per heavy atom. The van der Waals surface area contributed by atoms with Crippen LogP contribution in [0.1, 0.15) is 67.9 Å². The lowest BCUT2D eigenvalue weighted by molar-refractivity contribution is -0.100. The first-order valence-corrected chi connectivity index (χ1v) is 29.3. The van der Waals surface area contributed by atoms with Gasteiger partial charge in [-0.3, -0.25) is 0 Å². The highest BCUT2D eigenvalue weighted by Gasteiger charge is 2.35. The second-order valence-electron chi connectivity index (χ2n) is 17.8. The van der Waals surface area contributed by atoms with Gasteiger partial charge in [-0.25, -0.2) is 18.0 Å². The largest absolute Gasteiger partial charge is 0.465 e. The predicted molar refractivity (Wildman–Crippen MR) is 243 cm³/mol. The van der Waals surface area contributed by atoms with E-state index in [9.17, 15) is 18.0 Å². The molecule has 2 rings (SSSR count). The predicted octanol–water partition coefficient (Wildman–Crippen LogP) is 9.17. The highest BCUT2D eigenvalue weighted by atomic mass is 32.2. The van der Waals surface area contributed by atoms with E-state index in [4.69, 9.17) is 23.7 Å². The molecule has 336 valence electrons. The molecule has 3 amide bonds. The Morgan fingerprint density at radius 1 is 0.847 bits per heavy atom. The topological polar surface area (TPSA) is 154 Å². The molecule has 0 aromatic heterocycles. The summed E-state index contributed by atoms with van der Waals surface area (Å²) in [6.45, 7) is 25.9. The number of alkyl carbamates (subject to hydrolysis) is 1. The number of hydrogen-bond acceptors (Lipinski definition) is 9. The van der Waals surface area contributed by atoms with Crippen LogP contribution in [0.15, 0.2) is 53.4 Å². The number of ether oxygens (including phenoxy) is 5. The number of carbonyl (C=O) groups excluding carboxylic acids is 2. The summed E-state index contributed by atoms with van der Waals surface area (Å²) in [6.07, 6.45) is -1.17. The fourth-order valence-corrected chi connectivity index (χ4v) is 12.0. The molecule has 2 aromatic carbocycles. The number of rotatable bonds is 27. The quantitative estimate of drug-likeness (QED) is 0.0453. The van der Waals surface area contributed by atoms with Crippen LogP contribution in [0, 0.1) is 5.92 Å². The highest BCUT2D eigenvalue weighted by Crippen LogP contribution is 2.31. The van der Waals surface area contributed by atoms with E-state index in [0.29, 0.717) is 26.2 Å². The Bertz CT molecular complexity index is 1640. The third-order valence-electron chi connectivity index (χ3n) is 10.3. The van der Waals surface area contributed by atoms with Crippen molar-refractivity contribution in [2.45, 2.75) is 141 Å². The molecule has 0 spiro atoms. The van der Waals surface area contributed by atoms with Crippen LogP contribution in [-0.2, 0) is 35.4 Å². The van der Waals surface area contributed by atoms with Crippen molar-refractivity contribution in [3.8, 4) is 5.75 Å². The van der Waals surface area contributed by atoms with E-state index in [0.717, 1.165) is 17.7 Å². The Labute approximate surface area is 358 Å². The van der Waals surface area contributed by atoms with Gasteiger partial charge in [0, 0.05) is 40.9 Å². The summed E-state index contributed by atoms with van der Waals surface area (Å²) in [7, 11) is -7.00.